The molecule has 280 valence electrons. The van der Waals surface area contributed by atoms with Crippen LogP contribution in [0.5, 0.6) is 5.88 Å². The third kappa shape index (κ3) is 10.6. The molecule has 0 radical (unpaired) electrons. The molecule has 0 spiro atoms. The Morgan fingerprint density at radius 3 is 2.13 bits per heavy atom. The number of ether oxygens (including phenoxy) is 2. The van der Waals surface area contributed by atoms with Crippen molar-refractivity contribution in [3.8, 4) is 5.88 Å². The van der Waals surface area contributed by atoms with E-state index in [1.807, 2.05) is 0 Å². The number of alkyl halides is 3. The van der Waals surface area contributed by atoms with Crippen LogP contribution in [-0.4, -0.2) is 67.1 Å². The first kappa shape index (κ1) is 40.6. The Hall–Kier alpha value is -5.81. The summed E-state index contributed by atoms with van der Waals surface area (Å²) in [6.07, 6.45) is -5.39. The van der Waals surface area contributed by atoms with Crippen LogP contribution in [0.3, 0.4) is 0 Å². The van der Waals surface area contributed by atoms with Crippen LogP contribution in [0, 0.1) is 25.5 Å². The van der Waals surface area contributed by atoms with Gasteiger partial charge in [0.05, 0.1) is 34.1 Å². The van der Waals surface area contributed by atoms with Gasteiger partial charge < -0.3 is 30.3 Å². The number of nitrogens with zero attached hydrogens (tertiary/aromatic N) is 3. The Morgan fingerprint density at radius 1 is 0.981 bits per heavy atom. The number of aryl methyl sites for hydroxylation is 3. The molecule has 0 aliphatic carbocycles. The zero-order valence-electron chi connectivity index (χ0n) is 28.8. The number of carboxylic acid groups (broad SMARTS) is 2. The van der Waals surface area contributed by atoms with E-state index in [9.17, 15) is 41.4 Å². The number of carboxylic acids is 2. The van der Waals surface area contributed by atoms with Crippen LogP contribution in [0.25, 0.3) is 5.52 Å². The van der Waals surface area contributed by atoms with E-state index < -0.39 is 60.0 Å². The normalized spacial score (nSPS) is 12.0. The molecule has 52 heavy (non-hydrogen) atoms. The van der Waals surface area contributed by atoms with Crippen molar-refractivity contribution in [3.05, 3.63) is 93.4 Å². The van der Waals surface area contributed by atoms with E-state index in [-0.39, 0.29) is 34.9 Å². The number of halogens is 5. The zero-order chi connectivity index (χ0) is 39.1. The van der Waals surface area contributed by atoms with Crippen molar-refractivity contribution in [2.75, 3.05) is 6.54 Å². The number of benzene rings is 1. The summed E-state index contributed by atoms with van der Waals surface area (Å²) in [7, 11) is 0. The molecule has 0 aliphatic heterocycles. The fraction of sp³-hybridized carbons (Fsp3) is 0.353. The maximum Gasteiger partial charge on any atom is 0.490 e. The van der Waals surface area contributed by atoms with Crippen molar-refractivity contribution in [1.82, 2.24) is 25.2 Å². The first-order valence-electron chi connectivity index (χ1n) is 15.5. The van der Waals surface area contributed by atoms with Crippen LogP contribution in [-0.2, 0) is 22.6 Å². The van der Waals surface area contributed by atoms with Crippen molar-refractivity contribution in [3.63, 3.8) is 0 Å². The molecule has 0 saturated heterocycles. The van der Waals surface area contributed by atoms with Crippen molar-refractivity contribution < 1.29 is 60.8 Å². The van der Waals surface area contributed by atoms with Gasteiger partial charge in [0.15, 0.2) is 5.69 Å². The molecule has 4 N–H and O–H groups in total. The maximum absolute atomic E-state index is 14.2. The Morgan fingerprint density at radius 2 is 1.60 bits per heavy atom. The molecule has 1 unspecified atom stereocenters. The van der Waals surface area contributed by atoms with Gasteiger partial charge in [0.2, 0.25) is 5.88 Å². The summed E-state index contributed by atoms with van der Waals surface area (Å²) >= 11 is 0. The van der Waals surface area contributed by atoms with Crippen LogP contribution < -0.4 is 15.4 Å². The van der Waals surface area contributed by atoms with Gasteiger partial charge in [-0.25, -0.2) is 28.1 Å². The minimum atomic E-state index is -5.08. The lowest BCUT2D eigenvalue weighted by Crippen LogP contribution is -2.40. The smallest absolute Gasteiger partial charge is 0.477 e. The molecule has 18 heteroatoms. The molecule has 0 saturated carbocycles. The second-order valence-corrected chi connectivity index (χ2v) is 12.2. The average molecular weight is 738 g/mol. The van der Waals surface area contributed by atoms with Gasteiger partial charge in [-0.3, -0.25) is 4.79 Å². The van der Waals surface area contributed by atoms with Gasteiger partial charge in [-0.15, -0.1) is 0 Å². The quantitative estimate of drug-likeness (QED) is 0.139. The Labute approximate surface area is 293 Å². The number of pyridine rings is 2. The van der Waals surface area contributed by atoms with Crippen molar-refractivity contribution >= 4 is 29.5 Å². The fourth-order valence-electron chi connectivity index (χ4n) is 4.69. The number of aromatic nitrogens is 3. The summed E-state index contributed by atoms with van der Waals surface area (Å²) < 4.78 is 72.6. The van der Waals surface area contributed by atoms with Gasteiger partial charge in [0.1, 0.15) is 23.8 Å². The van der Waals surface area contributed by atoms with E-state index in [0.29, 0.717) is 28.8 Å². The highest BCUT2D eigenvalue weighted by Gasteiger charge is 2.38. The first-order valence-corrected chi connectivity index (χ1v) is 15.5. The molecule has 1 aromatic carbocycles. The molecule has 3 heterocycles. The largest absolute Gasteiger partial charge is 0.490 e. The monoisotopic (exact) mass is 737 g/mol. The van der Waals surface area contributed by atoms with Gasteiger partial charge in [0.25, 0.3) is 5.91 Å². The Bertz CT molecular complexity index is 1950. The van der Waals surface area contributed by atoms with Gasteiger partial charge in [-0.2, -0.15) is 22.8 Å². The van der Waals surface area contributed by atoms with E-state index in [1.165, 1.54) is 10.6 Å². The number of fused-ring (bicyclic) bond motifs is 1. The van der Waals surface area contributed by atoms with Crippen molar-refractivity contribution in [1.29, 1.82) is 0 Å². The highest BCUT2D eigenvalue weighted by Crippen LogP contribution is 2.26. The number of alkyl carbamates (subject to hydrolysis) is 1. The molecule has 13 nitrogen and oxygen atoms in total. The second kappa shape index (κ2) is 16.5. The predicted octanol–water partition coefficient (Wildman–Crippen LogP) is 6.09. The van der Waals surface area contributed by atoms with Crippen LogP contribution in [0.15, 0.2) is 42.5 Å². The van der Waals surface area contributed by atoms with Crippen molar-refractivity contribution in [2.24, 2.45) is 0 Å². The molecule has 2 amide bonds. The summed E-state index contributed by atoms with van der Waals surface area (Å²) in [5.74, 6) is -5.93. The highest BCUT2D eigenvalue weighted by molar-refractivity contribution is 6.02. The van der Waals surface area contributed by atoms with Gasteiger partial charge in [-0.1, -0.05) is 19.1 Å². The number of aromatic carboxylic acids is 1. The van der Waals surface area contributed by atoms with E-state index in [1.54, 1.807) is 65.8 Å². The number of rotatable bonds is 10. The zero-order valence-corrected chi connectivity index (χ0v) is 28.8. The molecule has 0 fully saturated rings. The standard InChI is InChI=1S/C32H35F2N5O6.C2HF3O2/c1-7-19-11-12-23(36-28(19)30(41)42)24(15-35-31(43)45-32(4,5)6)37-29(40)27-18(3)38-39-25(27)13-17(2)14-26(39)44-16-20-21(33)9-8-10-22(20)34;3-2(4,5)1(6)7/h8-14,24H,7,15-16H2,1-6H3,(H,35,43)(H,37,40)(H,41,42);(H,6,7). The topological polar surface area (TPSA) is 181 Å². The summed E-state index contributed by atoms with van der Waals surface area (Å²) in [4.78, 5) is 51.4. The molecular weight excluding hydrogens is 701 g/mol. The van der Waals surface area contributed by atoms with E-state index in [0.717, 1.165) is 12.1 Å². The summed E-state index contributed by atoms with van der Waals surface area (Å²) in [6, 6.07) is 9.09. The summed E-state index contributed by atoms with van der Waals surface area (Å²) in [5.41, 5.74) is 1.05. The van der Waals surface area contributed by atoms with Crippen LogP contribution in [0.1, 0.15) is 82.7 Å². The molecule has 1 atom stereocenters. The highest BCUT2D eigenvalue weighted by atomic mass is 19.4. The fourth-order valence-corrected chi connectivity index (χ4v) is 4.69. The summed E-state index contributed by atoms with van der Waals surface area (Å²) in [6.45, 7) is 9.71. The molecule has 0 bridgehead atoms. The van der Waals surface area contributed by atoms with E-state index in [2.05, 4.69) is 20.7 Å². The number of amides is 2. The lowest BCUT2D eigenvalue weighted by molar-refractivity contribution is -0.192. The number of carbonyl (C=O) groups is 4. The van der Waals surface area contributed by atoms with Crippen LogP contribution in [0.2, 0.25) is 0 Å². The number of carbonyl (C=O) groups excluding carboxylic acids is 2. The third-order valence-electron chi connectivity index (χ3n) is 7.01. The minimum absolute atomic E-state index is 0.154. The minimum Gasteiger partial charge on any atom is -0.477 e. The van der Waals surface area contributed by atoms with Gasteiger partial charge >= 0.3 is 24.2 Å². The number of nitrogens with one attached hydrogen (secondary N) is 2. The number of hydrogen-bond donors (Lipinski definition) is 4. The lowest BCUT2D eigenvalue weighted by atomic mass is 10.1. The number of aliphatic carboxylic acids is 1. The third-order valence-corrected chi connectivity index (χ3v) is 7.01. The molecular formula is C34H36F5N5O8. The molecule has 4 rings (SSSR count). The van der Waals surface area contributed by atoms with Gasteiger partial charge in [0, 0.05) is 12.6 Å². The molecule has 0 aliphatic rings. The predicted molar refractivity (Wildman–Crippen MR) is 174 cm³/mol. The van der Waals surface area contributed by atoms with E-state index in [4.69, 9.17) is 19.4 Å². The maximum atomic E-state index is 14.2. The Balaban J connectivity index is 0.000000944. The molecule has 3 aromatic heterocycles. The van der Waals surface area contributed by atoms with Gasteiger partial charge in [-0.05, 0) is 76.4 Å². The van der Waals surface area contributed by atoms with Crippen LogP contribution in [0.4, 0.5) is 26.7 Å². The second-order valence-electron chi connectivity index (χ2n) is 12.2. The summed E-state index contributed by atoms with van der Waals surface area (Å²) in [5, 5.41) is 26.8. The average Bonchev–Trinajstić information content (AvgIpc) is 3.36. The SMILES string of the molecule is CCc1ccc(C(CNC(=O)OC(C)(C)C)NC(=O)c2c(C)nn3c(OCc4c(F)cccc4F)cc(C)cc23)nc1C(=O)O.O=C(O)C(F)(F)F. The number of hydrogen-bond acceptors (Lipinski definition) is 8. The molecule has 4 aromatic rings. The van der Waals surface area contributed by atoms with E-state index >= 15 is 0 Å². The van der Waals surface area contributed by atoms with Crippen LogP contribution >= 0.6 is 0 Å². The lowest BCUT2D eigenvalue weighted by Gasteiger charge is -2.23. The Kier molecular flexibility index (Phi) is 12.9. The van der Waals surface area contributed by atoms with Crippen molar-refractivity contribution in [2.45, 2.75) is 72.4 Å². The first-order chi connectivity index (χ1) is 24.1.